The fourth-order valence-electron chi connectivity index (χ4n) is 3.41. The molecule has 10 heteroatoms. The largest absolute Gasteiger partial charge is 0.416 e. The molecule has 3 rings (SSSR count). The summed E-state index contributed by atoms with van der Waals surface area (Å²) in [5.74, 6) is 0.136. The van der Waals surface area contributed by atoms with Gasteiger partial charge in [0.2, 0.25) is 5.95 Å². The Kier molecular flexibility index (Phi) is 5.86. The third kappa shape index (κ3) is 4.37. The average molecular weight is 429 g/mol. The van der Waals surface area contributed by atoms with Crippen molar-refractivity contribution in [2.75, 3.05) is 25.6 Å². The van der Waals surface area contributed by atoms with Gasteiger partial charge in [-0.3, -0.25) is 0 Å². The van der Waals surface area contributed by atoms with Crippen LogP contribution in [0.25, 0.3) is 0 Å². The van der Waals surface area contributed by atoms with Gasteiger partial charge in [-0.05, 0) is 30.5 Å². The van der Waals surface area contributed by atoms with Crippen LogP contribution < -0.4 is 4.90 Å². The van der Waals surface area contributed by atoms with Gasteiger partial charge < -0.3 is 9.64 Å². The zero-order valence-electron chi connectivity index (χ0n) is 16.2. The Labute approximate surface area is 167 Å². The molecule has 1 aliphatic heterocycles. The predicted molar refractivity (Wildman–Crippen MR) is 101 cm³/mol. The highest BCUT2D eigenvalue weighted by Gasteiger charge is 2.44. The molecule has 0 N–H and O–H groups in total. The third-order valence-corrected chi connectivity index (χ3v) is 7.30. The normalized spacial score (nSPS) is 23.0. The minimum Gasteiger partial charge on any atom is -0.372 e. The summed E-state index contributed by atoms with van der Waals surface area (Å²) in [5, 5.41) is -1.05. The van der Waals surface area contributed by atoms with Crippen molar-refractivity contribution in [3.63, 3.8) is 0 Å². The molecular weight excluding hydrogens is 407 g/mol. The molecule has 158 valence electrons. The lowest BCUT2D eigenvalue weighted by Gasteiger charge is -2.36. The summed E-state index contributed by atoms with van der Waals surface area (Å²) in [5.41, 5.74) is -0.527. The van der Waals surface area contributed by atoms with E-state index >= 15 is 0 Å². The molecule has 1 aromatic heterocycles. The Morgan fingerprint density at radius 3 is 2.41 bits per heavy atom. The standard InChI is InChI=1S/C19H22F3N3O3S/c1-12-7-8-28-16(13-10-23-18(24-11-13)25(2)3)17(12)29(26,27)15-6-4-5-14(9-15)19(20,21)22/h4-6,9-12,16-17H,7-8H2,1-3H3. The predicted octanol–water partition coefficient (Wildman–Crippen LogP) is 3.50. The van der Waals surface area contributed by atoms with E-state index in [0.717, 1.165) is 12.1 Å². The van der Waals surface area contributed by atoms with Gasteiger partial charge in [-0.25, -0.2) is 18.4 Å². The van der Waals surface area contributed by atoms with Crippen LogP contribution >= 0.6 is 0 Å². The van der Waals surface area contributed by atoms with Gasteiger partial charge in [0.1, 0.15) is 6.10 Å². The molecule has 1 aromatic carbocycles. The number of rotatable bonds is 4. The van der Waals surface area contributed by atoms with Crippen molar-refractivity contribution in [3.8, 4) is 0 Å². The van der Waals surface area contributed by atoms with Crippen molar-refractivity contribution in [2.45, 2.75) is 35.8 Å². The van der Waals surface area contributed by atoms with E-state index in [1.54, 1.807) is 25.9 Å². The topological polar surface area (TPSA) is 72.4 Å². The Hall–Kier alpha value is -2.20. The highest BCUT2D eigenvalue weighted by molar-refractivity contribution is 7.92. The maximum Gasteiger partial charge on any atom is 0.416 e. The van der Waals surface area contributed by atoms with Crippen LogP contribution in [0.1, 0.15) is 30.6 Å². The van der Waals surface area contributed by atoms with Crippen LogP contribution in [0.2, 0.25) is 0 Å². The summed E-state index contributed by atoms with van der Waals surface area (Å²) in [6, 6.07) is 3.83. The molecule has 1 fully saturated rings. The van der Waals surface area contributed by atoms with Crippen molar-refractivity contribution in [2.24, 2.45) is 5.92 Å². The first-order valence-electron chi connectivity index (χ1n) is 9.04. The molecule has 3 atom stereocenters. The first kappa shape index (κ1) is 21.5. The van der Waals surface area contributed by atoms with Crippen LogP contribution in [0.4, 0.5) is 19.1 Å². The number of aromatic nitrogens is 2. The number of sulfone groups is 1. The van der Waals surface area contributed by atoms with Gasteiger partial charge in [-0.2, -0.15) is 13.2 Å². The Balaban J connectivity index is 2.02. The monoisotopic (exact) mass is 429 g/mol. The molecule has 1 saturated heterocycles. The fourth-order valence-corrected chi connectivity index (χ4v) is 5.59. The third-order valence-electron chi connectivity index (χ3n) is 4.96. The Morgan fingerprint density at radius 2 is 1.83 bits per heavy atom. The molecule has 0 radical (unpaired) electrons. The SMILES string of the molecule is CC1CCOC(c2cnc(N(C)C)nc2)C1S(=O)(=O)c1cccc(C(F)(F)F)c1. The highest BCUT2D eigenvalue weighted by atomic mass is 32.2. The lowest BCUT2D eigenvalue weighted by molar-refractivity contribution is -0.137. The summed E-state index contributed by atoms with van der Waals surface area (Å²) in [6.07, 6.45) is -2.01. The van der Waals surface area contributed by atoms with Crippen molar-refractivity contribution in [1.29, 1.82) is 0 Å². The molecule has 29 heavy (non-hydrogen) atoms. The molecule has 0 aliphatic carbocycles. The van der Waals surface area contributed by atoms with Gasteiger partial charge in [0, 0.05) is 38.7 Å². The van der Waals surface area contributed by atoms with Gasteiger partial charge in [-0.1, -0.05) is 13.0 Å². The maximum absolute atomic E-state index is 13.3. The summed E-state index contributed by atoms with van der Waals surface area (Å²) in [7, 11) is -0.563. The molecule has 3 unspecified atom stereocenters. The molecule has 0 spiro atoms. The minimum atomic E-state index is -4.63. The van der Waals surface area contributed by atoms with Gasteiger partial charge in [0.05, 0.1) is 15.7 Å². The number of benzene rings is 1. The lowest BCUT2D eigenvalue weighted by atomic mass is 9.94. The van der Waals surface area contributed by atoms with Crippen LogP contribution in [0.5, 0.6) is 0 Å². The average Bonchev–Trinajstić information content (AvgIpc) is 2.67. The summed E-state index contributed by atoms with van der Waals surface area (Å²) in [6.45, 7) is 2.11. The Morgan fingerprint density at radius 1 is 1.17 bits per heavy atom. The molecule has 2 aromatic rings. The number of halogens is 3. The van der Waals surface area contributed by atoms with Crippen molar-refractivity contribution >= 4 is 15.8 Å². The van der Waals surface area contributed by atoms with E-state index < -0.39 is 32.9 Å². The molecular formula is C19H22F3N3O3S. The lowest BCUT2D eigenvalue weighted by Crippen LogP contribution is -2.40. The van der Waals surface area contributed by atoms with E-state index in [-0.39, 0.29) is 10.8 Å². The van der Waals surface area contributed by atoms with Gasteiger partial charge in [0.15, 0.2) is 9.84 Å². The van der Waals surface area contributed by atoms with Gasteiger partial charge in [0.25, 0.3) is 0 Å². The van der Waals surface area contributed by atoms with Crippen LogP contribution in [0.3, 0.4) is 0 Å². The maximum atomic E-state index is 13.3. The highest BCUT2D eigenvalue weighted by Crippen LogP contribution is 2.40. The van der Waals surface area contributed by atoms with Gasteiger partial charge in [-0.15, -0.1) is 0 Å². The summed E-state index contributed by atoms with van der Waals surface area (Å²) >= 11 is 0. The van der Waals surface area contributed by atoms with Gasteiger partial charge >= 0.3 is 6.18 Å². The molecule has 6 nitrogen and oxygen atoms in total. The van der Waals surface area contributed by atoms with E-state index in [2.05, 4.69) is 9.97 Å². The number of hydrogen-bond acceptors (Lipinski definition) is 6. The van der Waals surface area contributed by atoms with E-state index in [9.17, 15) is 21.6 Å². The van der Waals surface area contributed by atoms with Crippen LogP contribution in [-0.2, 0) is 20.8 Å². The van der Waals surface area contributed by atoms with Crippen molar-refractivity contribution in [1.82, 2.24) is 9.97 Å². The van der Waals surface area contributed by atoms with Crippen molar-refractivity contribution < 1.29 is 26.3 Å². The smallest absolute Gasteiger partial charge is 0.372 e. The molecule has 2 heterocycles. The summed E-state index contributed by atoms with van der Waals surface area (Å²) < 4.78 is 71.7. The molecule has 0 saturated carbocycles. The number of hydrogen-bond donors (Lipinski definition) is 0. The molecule has 0 bridgehead atoms. The quantitative estimate of drug-likeness (QED) is 0.741. The molecule has 0 amide bonds. The zero-order chi connectivity index (χ0) is 21.4. The number of anilines is 1. The first-order valence-corrected chi connectivity index (χ1v) is 10.6. The van der Waals surface area contributed by atoms with E-state index in [1.807, 2.05) is 0 Å². The van der Waals surface area contributed by atoms with Crippen LogP contribution in [0, 0.1) is 5.92 Å². The fraction of sp³-hybridized carbons (Fsp3) is 0.474. The van der Waals surface area contributed by atoms with E-state index in [1.165, 1.54) is 18.5 Å². The van der Waals surface area contributed by atoms with E-state index in [4.69, 9.17) is 4.74 Å². The van der Waals surface area contributed by atoms with Crippen LogP contribution in [0.15, 0.2) is 41.6 Å². The number of alkyl halides is 3. The van der Waals surface area contributed by atoms with Crippen molar-refractivity contribution in [3.05, 3.63) is 47.8 Å². The second-order valence-electron chi connectivity index (χ2n) is 7.30. The number of nitrogens with zero attached hydrogens (tertiary/aromatic N) is 3. The Bertz CT molecular complexity index is 963. The number of ether oxygens (including phenoxy) is 1. The molecule has 1 aliphatic rings. The zero-order valence-corrected chi connectivity index (χ0v) is 17.0. The second-order valence-corrected chi connectivity index (χ2v) is 9.41. The van der Waals surface area contributed by atoms with Crippen LogP contribution in [-0.4, -0.2) is 44.3 Å². The summed E-state index contributed by atoms with van der Waals surface area (Å²) in [4.78, 5) is 9.74. The minimum absolute atomic E-state index is 0.318. The first-order chi connectivity index (χ1) is 13.5. The van der Waals surface area contributed by atoms with E-state index in [0.29, 0.717) is 30.6 Å². The second kappa shape index (κ2) is 7.91.